The number of amides is 7. The molecule has 0 aliphatic rings. The van der Waals surface area contributed by atoms with Gasteiger partial charge >= 0.3 is 0 Å². The van der Waals surface area contributed by atoms with Gasteiger partial charge in [-0.15, -0.1) is 22.7 Å². The van der Waals surface area contributed by atoms with Gasteiger partial charge in [-0.2, -0.15) is 0 Å². The predicted octanol–water partition coefficient (Wildman–Crippen LogP) is -3.83. The van der Waals surface area contributed by atoms with Crippen molar-refractivity contribution in [1.29, 1.82) is 0 Å². The molecule has 4 heterocycles. The molecule has 0 saturated heterocycles. The molecular formula is C42H62N16O10S3. The summed E-state index contributed by atoms with van der Waals surface area (Å²) in [7, 11) is 0.294. The Bertz CT molecular complexity index is 2470. The SMILES string of the molecule is Cc1c(N)nc([C@H](CC(N)=O)NC[C@H](N)C(N)=O)nc1C(=O)N[C@H](C(=O)NC(C)C(O)[C@H](C)C(=O)N[C@H](C(=O)NCCc1nc(-c2nc(C(=O)NCCC[S+](C)C)cs2)cs1)[C@@H](C)O)[C@@H](O)c1c[n-]cn1. The third kappa shape index (κ3) is 16.7. The van der Waals surface area contributed by atoms with Crippen LogP contribution in [0, 0.1) is 12.8 Å². The number of nitrogens with zero attached hydrogens (tertiary/aromatic N) is 6. The fourth-order valence-corrected chi connectivity index (χ4v) is 8.91. The van der Waals surface area contributed by atoms with Crippen molar-refractivity contribution >= 4 is 80.7 Å². The molecule has 0 bridgehead atoms. The van der Waals surface area contributed by atoms with Gasteiger partial charge in [-0.3, -0.25) is 33.6 Å². The zero-order valence-electron chi connectivity index (χ0n) is 39.9. The highest BCUT2D eigenvalue weighted by Gasteiger charge is 2.36. The number of imidazole rings is 1. The number of nitrogen functional groups attached to an aromatic ring is 1. The van der Waals surface area contributed by atoms with Crippen LogP contribution < -0.4 is 59.8 Å². The molecule has 0 fully saturated rings. The number of hydrogen-bond acceptors (Lipinski definition) is 20. The lowest BCUT2D eigenvalue weighted by atomic mass is 9.96. The number of rotatable bonds is 28. The topological polar surface area (TPSA) is 435 Å². The second kappa shape index (κ2) is 26.8. The Morgan fingerprint density at radius 3 is 2.20 bits per heavy atom. The van der Waals surface area contributed by atoms with Crippen LogP contribution in [-0.4, -0.2) is 156 Å². The summed E-state index contributed by atoms with van der Waals surface area (Å²) in [6, 6.07) is -6.82. The zero-order chi connectivity index (χ0) is 52.7. The van der Waals surface area contributed by atoms with E-state index in [4.69, 9.17) is 22.9 Å². The lowest BCUT2D eigenvalue weighted by Gasteiger charge is -2.30. The van der Waals surface area contributed by atoms with E-state index in [1.54, 1.807) is 10.8 Å². The lowest BCUT2D eigenvalue weighted by Crippen LogP contribution is -2.57. The van der Waals surface area contributed by atoms with Gasteiger partial charge in [-0.1, -0.05) is 19.4 Å². The Morgan fingerprint density at radius 2 is 1.56 bits per heavy atom. The molecule has 0 radical (unpaired) electrons. The van der Waals surface area contributed by atoms with Crippen LogP contribution in [-0.2, 0) is 41.3 Å². The molecule has 17 N–H and O–H groups in total. The smallest absolute Gasteiger partial charge is 0.271 e. The molecule has 2 unspecified atom stereocenters. The lowest BCUT2D eigenvalue weighted by molar-refractivity contribution is -0.136. The van der Waals surface area contributed by atoms with Crippen LogP contribution in [0.3, 0.4) is 0 Å². The molecule has 4 aromatic heterocycles. The van der Waals surface area contributed by atoms with Gasteiger partial charge in [0.15, 0.2) is 0 Å². The number of carbonyl (C=O) groups excluding carboxylic acids is 7. The molecule has 0 spiro atoms. The molecule has 0 saturated carbocycles. The van der Waals surface area contributed by atoms with Crippen LogP contribution in [0.15, 0.2) is 23.3 Å². The molecular weight excluding hydrogens is 985 g/mol. The summed E-state index contributed by atoms with van der Waals surface area (Å²) in [5.41, 5.74) is 22.9. The number of aromatic nitrogens is 6. The molecule has 71 heavy (non-hydrogen) atoms. The molecule has 388 valence electrons. The minimum Gasteiger partial charge on any atom is -0.449 e. The summed E-state index contributed by atoms with van der Waals surface area (Å²) < 4.78 is 0. The average molecular weight is 1050 g/mol. The summed E-state index contributed by atoms with van der Waals surface area (Å²) >= 11 is 2.62. The quantitative estimate of drug-likeness (QED) is 0.0191. The highest BCUT2D eigenvalue weighted by molar-refractivity contribution is 7.95. The highest BCUT2D eigenvalue weighted by Crippen LogP contribution is 2.26. The Morgan fingerprint density at radius 1 is 0.845 bits per heavy atom. The van der Waals surface area contributed by atoms with E-state index >= 15 is 0 Å². The van der Waals surface area contributed by atoms with Crippen molar-refractivity contribution in [3.8, 4) is 10.7 Å². The standard InChI is InChI=1S/C42H62N16O10S3/c1-18-29(55-36(58-34(18)45)23(12-27(44)60)50-13-22(43)35(46)63)40(67)57-31(33(62)24-14-47-17-51-24)41(68)52-20(3)32(61)19(2)37(64)56-30(21(4)59)39(66)49-10-8-28-53-26(16-69-28)42-54-25(15-70-42)38(65)48-9-7-11-71(5)6/h14-17,19-23,30-33,50,59,61-62H,7-13,43H2,1-6H3,(H11-,44,45,46,47,48,49,51,52,55,56,57,58,60,63,64,65,66,67,68)/t19-,20?,21+,22-,23-,30-,31-,32?,33-/m0/s1. The fraction of sp³-hybridized carbons (Fsp3) is 0.524. The number of hydrogen-bond donors (Lipinski definition) is 13. The summed E-state index contributed by atoms with van der Waals surface area (Å²) in [4.78, 5) is 116. The van der Waals surface area contributed by atoms with E-state index in [1.807, 2.05) is 0 Å². The Hall–Kier alpha value is -6.21. The number of aliphatic hydroxyl groups excluding tert-OH is 3. The van der Waals surface area contributed by atoms with Gasteiger partial charge in [0.25, 0.3) is 11.8 Å². The monoisotopic (exact) mass is 1050 g/mol. The van der Waals surface area contributed by atoms with Gasteiger partial charge in [0, 0.05) is 55.2 Å². The molecule has 4 rings (SSSR count). The molecule has 0 aromatic carbocycles. The van der Waals surface area contributed by atoms with E-state index in [9.17, 15) is 48.9 Å². The minimum absolute atomic E-state index is 0.0405. The van der Waals surface area contributed by atoms with E-state index in [0.717, 1.165) is 24.7 Å². The van der Waals surface area contributed by atoms with Gasteiger partial charge < -0.3 is 80.1 Å². The number of nitrogens with two attached hydrogens (primary N) is 4. The summed E-state index contributed by atoms with van der Waals surface area (Å²) in [6.45, 7) is 5.77. The Labute approximate surface area is 419 Å². The van der Waals surface area contributed by atoms with Crippen LogP contribution in [0.2, 0.25) is 0 Å². The van der Waals surface area contributed by atoms with Gasteiger partial charge in [0.05, 0.1) is 53.8 Å². The first kappa shape index (κ1) is 57.4. The summed E-state index contributed by atoms with van der Waals surface area (Å²) in [5.74, 6) is -6.30. The third-order valence-electron chi connectivity index (χ3n) is 10.8. The number of thiazole rings is 2. The van der Waals surface area contributed by atoms with Crippen LogP contribution in [0.5, 0.6) is 0 Å². The number of carbonyl (C=O) groups is 7. The average Bonchev–Trinajstić information content (AvgIpc) is 4.13. The van der Waals surface area contributed by atoms with Crippen molar-refractivity contribution in [2.24, 2.45) is 23.1 Å². The molecule has 0 aliphatic heterocycles. The van der Waals surface area contributed by atoms with Gasteiger partial charge in [-0.25, -0.2) is 19.9 Å². The van der Waals surface area contributed by atoms with E-state index in [0.29, 0.717) is 45.3 Å². The molecule has 7 amide bonds. The van der Waals surface area contributed by atoms with Crippen LogP contribution in [0.25, 0.3) is 10.7 Å². The van der Waals surface area contributed by atoms with Gasteiger partial charge in [0.1, 0.15) is 57.7 Å². The van der Waals surface area contributed by atoms with Gasteiger partial charge in [-0.05, 0) is 37.4 Å². The largest absolute Gasteiger partial charge is 0.449 e. The maximum Gasteiger partial charge on any atom is 0.271 e. The Balaban J connectivity index is 1.38. The molecule has 29 heteroatoms. The summed E-state index contributed by atoms with van der Waals surface area (Å²) in [6.07, 6.45) is 2.45. The maximum atomic E-state index is 13.9. The van der Waals surface area contributed by atoms with Crippen molar-refractivity contribution < 1.29 is 48.9 Å². The molecule has 4 aromatic rings. The van der Waals surface area contributed by atoms with Gasteiger partial charge in [0.2, 0.25) is 29.5 Å². The van der Waals surface area contributed by atoms with Crippen LogP contribution in [0.4, 0.5) is 5.82 Å². The Kier molecular flexibility index (Phi) is 21.7. The third-order valence-corrected chi connectivity index (χ3v) is 13.7. The second-order valence-corrected chi connectivity index (χ2v) is 20.9. The number of aliphatic hydroxyl groups is 3. The fourth-order valence-electron chi connectivity index (χ4n) is 6.57. The second-order valence-electron chi connectivity index (χ2n) is 16.7. The maximum absolute atomic E-state index is 13.9. The highest BCUT2D eigenvalue weighted by atomic mass is 32.2. The van der Waals surface area contributed by atoms with E-state index in [2.05, 4.69) is 74.3 Å². The molecule has 0 aliphatic carbocycles. The van der Waals surface area contributed by atoms with E-state index < -0.39 is 96.3 Å². The zero-order valence-corrected chi connectivity index (χ0v) is 42.3. The van der Waals surface area contributed by atoms with Crippen molar-refractivity contribution in [2.75, 3.05) is 43.6 Å². The molecule has 26 nitrogen and oxygen atoms in total. The van der Waals surface area contributed by atoms with Crippen LogP contribution in [0.1, 0.15) is 88.8 Å². The van der Waals surface area contributed by atoms with Crippen molar-refractivity contribution in [2.45, 2.75) is 95.5 Å². The predicted molar refractivity (Wildman–Crippen MR) is 264 cm³/mol. The first-order valence-corrected chi connectivity index (χ1v) is 26.0. The minimum atomic E-state index is -1.84. The number of primary amides is 2. The van der Waals surface area contributed by atoms with Crippen LogP contribution >= 0.6 is 22.7 Å². The van der Waals surface area contributed by atoms with Crippen molar-refractivity contribution in [3.63, 3.8) is 0 Å². The first-order valence-electron chi connectivity index (χ1n) is 22.1. The summed E-state index contributed by atoms with van der Waals surface area (Å²) in [5, 5.41) is 53.5. The molecule has 9 atom stereocenters. The van der Waals surface area contributed by atoms with E-state index in [1.165, 1.54) is 50.4 Å². The number of anilines is 1. The number of nitrogens with one attached hydrogen (secondary N) is 6. The van der Waals surface area contributed by atoms with Crippen molar-refractivity contribution in [1.82, 2.24) is 61.8 Å². The normalized spacial score (nSPS) is 15.3. The van der Waals surface area contributed by atoms with Crippen molar-refractivity contribution in [3.05, 3.63) is 56.8 Å². The van der Waals surface area contributed by atoms with E-state index in [-0.39, 0.29) is 47.6 Å². The first-order chi connectivity index (χ1) is 33.5.